The second-order valence-corrected chi connectivity index (χ2v) is 5.33. The lowest BCUT2D eigenvalue weighted by atomic mass is 9.99. The molecule has 1 N–H and O–H groups in total. The number of nitro groups is 1. The summed E-state index contributed by atoms with van der Waals surface area (Å²) in [6.45, 7) is 0. The van der Waals surface area contributed by atoms with Gasteiger partial charge in [0.25, 0.3) is 0 Å². The van der Waals surface area contributed by atoms with Crippen LogP contribution in [0.3, 0.4) is 0 Å². The van der Waals surface area contributed by atoms with Crippen molar-refractivity contribution in [2.24, 2.45) is 0 Å². The summed E-state index contributed by atoms with van der Waals surface area (Å²) in [5.41, 5.74) is 1.53. The highest BCUT2D eigenvalue weighted by atomic mass is 16.6. The predicted octanol–water partition coefficient (Wildman–Crippen LogP) is 4.06. The van der Waals surface area contributed by atoms with Crippen molar-refractivity contribution in [1.82, 2.24) is 4.98 Å². The Morgan fingerprint density at radius 2 is 1.52 bits per heavy atom. The van der Waals surface area contributed by atoms with Crippen molar-refractivity contribution < 1.29 is 4.92 Å². The van der Waals surface area contributed by atoms with Crippen molar-refractivity contribution in [3.8, 4) is 6.07 Å². The molecule has 2 aromatic carbocycles. The summed E-state index contributed by atoms with van der Waals surface area (Å²) in [6.07, 6.45) is 0. The molecule has 0 aliphatic rings. The van der Waals surface area contributed by atoms with Gasteiger partial charge in [0.05, 0.1) is 11.0 Å². The minimum Gasteiger partial charge on any atom is -0.359 e. The van der Waals surface area contributed by atoms with E-state index in [1.54, 1.807) is 6.07 Å². The number of rotatable bonds is 5. The largest absolute Gasteiger partial charge is 0.359 e. The lowest BCUT2D eigenvalue weighted by molar-refractivity contribution is -0.385. The third-order valence-electron chi connectivity index (χ3n) is 3.73. The van der Waals surface area contributed by atoms with E-state index >= 15 is 0 Å². The number of nitrogens with zero attached hydrogens (tertiary/aromatic N) is 3. The highest BCUT2D eigenvalue weighted by Crippen LogP contribution is 2.27. The number of pyridine rings is 1. The molecule has 6 heteroatoms. The molecule has 0 aliphatic heterocycles. The van der Waals surface area contributed by atoms with E-state index in [0.717, 1.165) is 11.1 Å². The number of nitriles is 1. The molecule has 0 bridgehead atoms. The third-order valence-corrected chi connectivity index (χ3v) is 3.73. The fraction of sp³-hybridized carbons (Fsp3) is 0.0526. The van der Waals surface area contributed by atoms with Crippen LogP contribution in [0.2, 0.25) is 0 Å². The van der Waals surface area contributed by atoms with E-state index in [1.165, 1.54) is 12.1 Å². The number of nitrogens with one attached hydrogen (secondary N) is 1. The Kier molecular flexibility index (Phi) is 4.67. The quantitative estimate of drug-likeness (QED) is 0.562. The molecule has 6 nitrogen and oxygen atoms in total. The van der Waals surface area contributed by atoms with Gasteiger partial charge >= 0.3 is 5.69 Å². The highest BCUT2D eigenvalue weighted by molar-refractivity contribution is 5.52. The van der Waals surface area contributed by atoms with Crippen molar-refractivity contribution in [3.63, 3.8) is 0 Å². The molecule has 0 aliphatic carbocycles. The van der Waals surface area contributed by atoms with Gasteiger partial charge in [0.1, 0.15) is 11.9 Å². The van der Waals surface area contributed by atoms with Crippen LogP contribution >= 0.6 is 0 Å². The molecule has 122 valence electrons. The van der Waals surface area contributed by atoms with Crippen molar-refractivity contribution >= 4 is 11.5 Å². The van der Waals surface area contributed by atoms with Gasteiger partial charge in [-0.15, -0.1) is 0 Å². The average Bonchev–Trinajstić information content (AvgIpc) is 2.67. The molecule has 25 heavy (non-hydrogen) atoms. The van der Waals surface area contributed by atoms with Crippen LogP contribution in [-0.4, -0.2) is 9.91 Å². The molecule has 3 aromatic rings. The first-order valence-corrected chi connectivity index (χ1v) is 7.61. The number of benzene rings is 2. The first-order chi connectivity index (χ1) is 12.2. The van der Waals surface area contributed by atoms with E-state index in [0.29, 0.717) is 5.82 Å². The Morgan fingerprint density at radius 3 is 2.00 bits per heavy atom. The Balaban J connectivity index is 1.99. The third kappa shape index (κ3) is 3.62. The predicted molar refractivity (Wildman–Crippen MR) is 94.0 cm³/mol. The van der Waals surface area contributed by atoms with Crippen LogP contribution in [0.25, 0.3) is 0 Å². The Morgan fingerprint density at radius 1 is 0.960 bits per heavy atom. The first kappa shape index (κ1) is 16.1. The minimum atomic E-state index is -0.610. The van der Waals surface area contributed by atoms with E-state index in [-0.39, 0.29) is 17.4 Å². The van der Waals surface area contributed by atoms with Gasteiger partial charge in [-0.3, -0.25) is 10.1 Å². The van der Waals surface area contributed by atoms with Crippen LogP contribution in [0.5, 0.6) is 0 Å². The van der Waals surface area contributed by atoms with E-state index in [1.807, 2.05) is 60.7 Å². The van der Waals surface area contributed by atoms with Crippen LogP contribution in [-0.2, 0) is 0 Å². The van der Waals surface area contributed by atoms with Gasteiger partial charge in [0.2, 0.25) is 5.69 Å². The van der Waals surface area contributed by atoms with E-state index < -0.39 is 4.92 Å². The smallest absolute Gasteiger partial charge is 0.305 e. The van der Waals surface area contributed by atoms with E-state index in [2.05, 4.69) is 10.3 Å². The molecule has 0 unspecified atom stereocenters. The molecule has 0 atom stereocenters. The zero-order valence-electron chi connectivity index (χ0n) is 13.2. The second-order valence-electron chi connectivity index (χ2n) is 5.33. The van der Waals surface area contributed by atoms with Gasteiger partial charge in [0, 0.05) is 6.07 Å². The summed E-state index contributed by atoms with van der Waals surface area (Å²) in [5, 5.41) is 23.3. The van der Waals surface area contributed by atoms with E-state index in [4.69, 9.17) is 5.26 Å². The SMILES string of the molecule is N#Cc1nc(NC(c2ccccc2)c2ccccc2)ccc1[N+](=O)[O-]. The second kappa shape index (κ2) is 7.23. The van der Waals surface area contributed by atoms with Gasteiger partial charge in [-0.25, -0.2) is 4.98 Å². The lowest BCUT2D eigenvalue weighted by Gasteiger charge is -2.20. The van der Waals surface area contributed by atoms with Crippen LogP contribution in [0, 0.1) is 21.4 Å². The lowest BCUT2D eigenvalue weighted by Crippen LogP contribution is -2.13. The van der Waals surface area contributed by atoms with Gasteiger partial charge in [-0.05, 0) is 17.2 Å². The van der Waals surface area contributed by atoms with Gasteiger partial charge < -0.3 is 5.32 Å². The molecular formula is C19H14N4O2. The van der Waals surface area contributed by atoms with Gasteiger partial charge in [0.15, 0.2) is 0 Å². The molecule has 0 fully saturated rings. The summed E-state index contributed by atoms with van der Waals surface area (Å²) >= 11 is 0. The maximum Gasteiger partial charge on any atom is 0.305 e. The molecule has 1 heterocycles. The van der Waals surface area contributed by atoms with Crippen molar-refractivity contribution in [2.75, 3.05) is 5.32 Å². The molecule has 0 saturated heterocycles. The normalized spacial score (nSPS) is 10.2. The van der Waals surface area contributed by atoms with Crippen LogP contribution in [0.15, 0.2) is 72.8 Å². The highest BCUT2D eigenvalue weighted by Gasteiger charge is 2.18. The molecule has 0 spiro atoms. The Bertz CT molecular complexity index is 882. The number of hydrogen-bond donors (Lipinski definition) is 1. The zero-order valence-corrected chi connectivity index (χ0v) is 13.2. The fourth-order valence-corrected chi connectivity index (χ4v) is 2.56. The standard InChI is InChI=1S/C19H14N4O2/c20-13-16-17(23(24)25)11-12-18(21-16)22-19(14-7-3-1-4-8-14)15-9-5-2-6-10-15/h1-12,19H,(H,21,22). The first-order valence-electron chi connectivity index (χ1n) is 7.61. The monoisotopic (exact) mass is 330 g/mol. The summed E-state index contributed by atoms with van der Waals surface area (Å²) in [4.78, 5) is 14.4. The van der Waals surface area contributed by atoms with Crippen molar-refractivity contribution in [1.29, 1.82) is 5.26 Å². The van der Waals surface area contributed by atoms with Crippen LogP contribution < -0.4 is 5.32 Å². The summed E-state index contributed by atoms with van der Waals surface area (Å²) in [7, 11) is 0. The molecular weight excluding hydrogens is 316 g/mol. The van der Waals surface area contributed by atoms with Crippen LogP contribution in [0.1, 0.15) is 22.9 Å². The maximum absolute atomic E-state index is 11.0. The van der Waals surface area contributed by atoms with Gasteiger partial charge in [-0.1, -0.05) is 60.7 Å². The summed E-state index contributed by atoms with van der Waals surface area (Å²) < 4.78 is 0. The van der Waals surface area contributed by atoms with Crippen molar-refractivity contribution in [2.45, 2.75) is 6.04 Å². The van der Waals surface area contributed by atoms with Crippen LogP contribution in [0.4, 0.5) is 11.5 Å². The Hall–Kier alpha value is -3.72. The Labute approximate surface area is 144 Å². The topological polar surface area (TPSA) is 91.8 Å². The molecule has 0 saturated carbocycles. The van der Waals surface area contributed by atoms with Gasteiger partial charge in [-0.2, -0.15) is 5.26 Å². The molecule has 3 rings (SSSR count). The summed E-state index contributed by atoms with van der Waals surface area (Å²) in [5.74, 6) is 0.403. The average molecular weight is 330 g/mol. The fourth-order valence-electron chi connectivity index (χ4n) is 2.56. The zero-order chi connectivity index (χ0) is 17.6. The number of hydrogen-bond acceptors (Lipinski definition) is 5. The number of anilines is 1. The summed E-state index contributed by atoms with van der Waals surface area (Å²) in [6, 6.07) is 24.0. The maximum atomic E-state index is 11.0. The molecule has 0 amide bonds. The van der Waals surface area contributed by atoms with Crippen molar-refractivity contribution in [3.05, 3.63) is 99.7 Å². The minimum absolute atomic E-state index is 0.192. The molecule has 0 radical (unpaired) electrons. The molecule has 1 aromatic heterocycles. The van der Waals surface area contributed by atoms with E-state index in [9.17, 15) is 10.1 Å². The number of aromatic nitrogens is 1.